The lowest BCUT2D eigenvalue weighted by Crippen LogP contribution is -2.18. The van der Waals surface area contributed by atoms with Gasteiger partial charge in [0.15, 0.2) is 5.78 Å². The fourth-order valence-corrected chi connectivity index (χ4v) is 2.72. The maximum absolute atomic E-state index is 13.2. The molecule has 10 heteroatoms. The smallest absolute Gasteiger partial charge is 0.416 e. The summed E-state index contributed by atoms with van der Waals surface area (Å²) in [6, 6.07) is 6.46. The summed E-state index contributed by atoms with van der Waals surface area (Å²) in [6.45, 7) is 0. The van der Waals surface area contributed by atoms with E-state index in [0.717, 1.165) is 19.2 Å². The largest absolute Gasteiger partial charge is 0.496 e. The van der Waals surface area contributed by atoms with E-state index in [1.165, 1.54) is 25.3 Å². The summed E-state index contributed by atoms with van der Waals surface area (Å²) in [7, 11) is 2.45. The molecule has 2 rings (SSSR count). The van der Waals surface area contributed by atoms with E-state index in [4.69, 9.17) is 16.3 Å². The van der Waals surface area contributed by atoms with Crippen LogP contribution >= 0.6 is 11.6 Å². The van der Waals surface area contributed by atoms with E-state index in [1.54, 1.807) is 0 Å². The first-order valence-corrected chi connectivity index (χ1v) is 8.90. The van der Waals surface area contributed by atoms with Crippen LogP contribution in [0.3, 0.4) is 0 Å². The second-order valence-electron chi connectivity index (χ2n) is 6.06. The van der Waals surface area contributed by atoms with Crippen molar-refractivity contribution in [2.45, 2.75) is 19.0 Å². The Morgan fingerprint density at radius 1 is 1.00 bits per heavy atom. The second kappa shape index (κ2) is 9.62. The molecule has 0 heterocycles. The highest BCUT2D eigenvalue weighted by molar-refractivity contribution is 6.31. The Bertz CT molecular complexity index is 975. The normalized spacial score (nSPS) is 11.0. The molecule has 2 aromatic rings. The predicted molar refractivity (Wildman–Crippen MR) is 103 cm³/mol. The number of carbonyl (C=O) groups is 3. The number of carbonyl (C=O) groups excluding carboxylic acids is 3. The quantitative estimate of drug-likeness (QED) is 0.503. The highest BCUT2D eigenvalue weighted by atomic mass is 35.5. The maximum Gasteiger partial charge on any atom is 0.416 e. The standard InChI is InChI=1S/C20H17ClF3NO5/c1-29-16-6-4-12(21)10-14(16)19(28)13-9-11(20(22,23)24)3-5-15(13)25-17(26)7-8-18(27)30-2/h3-6,9-10H,7-8H2,1-2H3,(H,25,26). The zero-order valence-corrected chi connectivity index (χ0v) is 16.7. The minimum atomic E-state index is -4.71. The third-order valence-corrected chi connectivity index (χ3v) is 4.29. The molecule has 1 N–H and O–H groups in total. The first-order chi connectivity index (χ1) is 14.1. The van der Waals surface area contributed by atoms with Crippen molar-refractivity contribution in [2.24, 2.45) is 0 Å². The summed E-state index contributed by atoms with van der Waals surface area (Å²) in [5.74, 6) is -2.03. The Morgan fingerprint density at radius 2 is 1.70 bits per heavy atom. The first kappa shape index (κ1) is 23.2. The van der Waals surface area contributed by atoms with Gasteiger partial charge in [-0.25, -0.2) is 0 Å². The Balaban J connectivity index is 2.47. The fraction of sp³-hybridized carbons (Fsp3) is 0.250. The van der Waals surface area contributed by atoms with E-state index in [2.05, 4.69) is 10.1 Å². The summed E-state index contributed by atoms with van der Waals surface area (Å²) in [5.41, 5.74) is -1.70. The summed E-state index contributed by atoms with van der Waals surface area (Å²) < 4.78 is 49.1. The molecule has 160 valence electrons. The van der Waals surface area contributed by atoms with Gasteiger partial charge in [-0.2, -0.15) is 13.2 Å². The van der Waals surface area contributed by atoms with Crippen molar-refractivity contribution in [1.29, 1.82) is 0 Å². The van der Waals surface area contributed by atoms with Gasteiger partial charge in [0.1, 0.15) is 5.75 Å². The van der Waals surface area contributed by atoms with Gasteiger partial charge in [-0.3, -0.25) is 14.4 Å². The van der Waals surface area contributed by atoms with Crippen LogP contribution in [0.25, 0.3) is 0 Å². The van der Waals surface area contributed by atoms with E-state index in [9.17, 15) is 27.6 Å². The molecule has 0 saturated carbocycles. The maximum atomic E-state index is 13.2. The molecule has 0 fully saturated rings. The van der Waals surface area contributed by atoms with Gasteiger partial charge in [0.25, 0.3) is 0 Å². The van der Waals surface area contributed by atoms with E-state index >= 15 is 0 Å². The fourth-order valence-electron chi connectivity index (χ4n) is 2.55. The van der Waals surface area contributed by atoms with Crippen molar-refractivity contribution in [2.75, 3.05) is 19.5 Å². The molecule has 0 spiro atoms. The molecule has 6 nitrogen and oxygen atoms in total. The summed E-state index contributed by atoms with van der Waals surface area (Å²) >= 11 is 5.92. The van der Waals surface area contributed by atoms with Gasteiger partial charge in [-0.05, 0) is 36.4 Å². The molecule has 0 aliphatic carbocycles. The van der Waals surface area contributed by atoms with Gasteiger partial charge < -0.3 is 14.8 Å². The Labute approximate surface area is 174 Å². The molecule has 0 saturated heterocycles. The molecule has 2 aromatic carbocycles. The van der Waals surface area contributed by atoms with Gasteiger partial charge in [-0.15, -0.1) is 0 Å². The van der Waals surface area contributed by atoms with Crippen molar-refractivity contribution in [3.05, 3.63) is 58.1 Å². The van der Waals surface area contributed by atoms with Crippen LogP contribution in [-0.2, 0) is 20.5 Å². The lowest BCUT2D eigenvalue weighted by Gasteiger charge is -2.15. The van der Waals surface area contributed by atoms with Gasteiger partial charge >= 0.3 is 12.1 Å². The molecule has 0 atom stereocenters. The molecule has 0 radical (unpaired) electrons. The molecule has 30 heavy (non-hydrogen) atoms. The average Bonchev–Trinajstić information content (AvgIpc) is 2.70. The summed E-state index contributed by atoms with van der Waals surface area (Å²) in [4.78, 5) is 36.3. The van der Waals surface area contributed by atoms with Gasteiger partial charge in [0.05, 0.1) is 37.5 Å². The number of methoxy groups -OCH3 is 2. The number of hydrogen-bond acceptors (Lipinski definition) is 5. The van der Waals surface area contributed by atoms with Crippen LogP contribution in [0.15, 0.2) is 36.4 Å². The minimum absolute atomic E-state index is 0.0746. The summed E-state index contributed by atoms with van der Waals surface area (Å²) in [5, 5.41) is 2.54. The first-order valence-electron chi connectivity index (χ1n) is 8.53. The number of ketones is 1. The number of esters is 1. The van der Waals surface area contributed by atoms with Crippen molar-refractivity contribution in [3.8, 4) is 5.75 Å². The number of alkyl halides is 3. The SMILES string of the molecule is COC(=O)CCC(=O)Nc1ccc(C(F)(F)F)cc1C(=O)c1cc(Cl)ccc1OC. The highest BCUT2D eigenvalue weighted by Crippen LogP contribution is 2.34. The number of benzene rings is 2. The van der Waals surface area contributed by atoms with Gasteiger partial charge in [0, 0.05) is 17.0 Å². The average molecular weight is 444 g/mol. The van der Waals surface area contributed by atoms with Gasteiger partial charge in [-0.1, -0.05) is 11.6 Å². The lowest BCUT2D eigenvalue weighted by atomic mass is 9.98. The highest BCUT2D eigenvalue weighted by Gasteiger charge is 2.32. The number of rotatable bonds is 7. The van der Waals surface area contributed by atoms with Crippen LogP contribution in [-0.4, -0.2) is 31.9 Å². The number of anilines is 1. The molecule has 0 aliphatic heterocycles. The van der Waals surface area contributed by atoms with Crippen LogP contribution in [0.2, 0.25) is 5.02 Å². The van der Waals surface area contributed by atoms with E-state index in [1.807, 2.05) is 0 Å². The van der Waals surface area contributed by atoms with Gasteiger partial charge in [0.2, 0.25) is 5.91 Å². The number of hydrogen-bond donors (Lipinski definition) is 1. The number of ether oxygens (including phenoxy) is 2. The van der Waals surface area contributed by atoms with E-state index < -0.39 is 35.0 Å². The molecule has 0 aromatic heterocycles. The van der Waals surface area contributed by atoms with Crippen LogP contribution in [0.4, 0.5) is 18.9 Å². The topological polar surface area (TPSA) is 81.7 Å². The van der Waals surface area contributed by atoms with Crippen molar-refractivity contribution in [1.82, 2.24) is 0 Å². The van der Waals surface area contributed by atoms with Crippen LogP contribution in [0.5, 0.6) is 5.75 Å². The van der Waals surface area contributed by atoms with Crippen LogP contribution in [0, 0.1) is 0 Å². The Kier molecular flexibility index (Phi) is 7.44. The molecule has 0 aliphatic rings. The van der Waals surface area contributed by atoms with E-state index in [-0.39, 0.29) is 34.9 Å². The van der Waals surface area contributed by atoms with Crippen molar-refractivity contribution < 1.29 is 37.0 Å². The third-order valence-electron chi connectivity index (χ3n) is 4.06. The minimum Gasteiger partial charge on any atom is -0.496 e. The van der Waals surface area contributed by atoms with E-state index in [0.29, 0.717) is 6.07 Å². The number of amides is 1. The molecule has 1 amide bonds. The van der Waals surface area contributed by atoms with Crippen molar-refractivity contribution >= 4 is 34.9 Å². The number of halogens is 4. The number of nitrogens with one attached hydrogen (secondary N) is 1. The monoisotopic (exact) mass is 443 g/mol. The molecule has 0 bridgehead atoms. The zero-order valence-electron chi connectivity index (χ0n) is 15.9. The third kappa shape index (κ3) is 5.73. The van der Waals surface area contributed by atoms with Crippen LogP contribution < -0.4 is 10.1 Å². The molecular weight excluding hydrogens is 427 g/mol. The summed E-state index contributed by atoms with van der Waals surface area (Å²) in [6.07, 6.45) is -5.21. The van der Waals surface area contributed by atoms with Crippen molar-refractivity contribution in [3.63, 3.8) is 0 Å². The molecule has 0 unspecified atom stereocenters. The second-order valence-corrected chi connectivity index (χ2v) is 6.49. The molecular formula is C20H17ClF3NO5. The zero-order chi connectivity index (χ0) is 22.5. The predicted octanol–water partition coefficient (Wildman–Crippen LogP) is 4.49. The Morgan fingerprint density at radius 3 is 2.30 bits per heavy atom. The Hall–Kier alpha value is -3.07. The lowest BCUT2D eigenvalue weighted by molar-refractivity contribution is -0.141. The van der Waals surface area contributed by atoms with Crippen LogP contribution in [0.1, 0.15) is 34.3 Å².